The highest BCUT2D eigenvalue weighted by Crippen LogP contribution is 2.42. The van der Waals surface area contributed by atoms with Gasteiger partial charge in [0.15, 0.2) is 12.4 Å². The first kappa shape index (κ1) is 53.9. The van der Waals surface area contributed by atoms with Crippen molar-refractivity contribution in [3.8, 4) is 0 Å². The summed E-state index contributed by atoms with van der Waals surface area (Å²) in [6.07, 6.45) is 24.7. The summed E-state index contributed by atoms with van der Waals surface area (Å²) in [4.78, 5) is 46.4. The molecular formula is C44H86NO11P. The van der Waals surface area contributed by atoms with Crippen LogP contribution in [0.1, 0.15) is 220 Å². The molecule has 0 spiro atoms. The van der Waals surface area contributed by atoms with E-state index in [-0.39, 0.29) is 18.8 Å². The van der Waals surface area contributed by atoms with E-state index < -0.39 is 63.1 Å². The summed E-state index contributed by atoms with van der Waals surface area (Å²) in [7, 11) is -5.20. The zero-order valence-corrected chi connectivity index (χ0v) is 37.2. The van der Waals surface area contributed by atoms with Crippen LogP contribution in [0.4, 0.5) is 0 Å². The Labute approximate surface area is 346 Å². The van der Waals surface area contributed by atoms with E-state index in [1.54, 1.807) is 0 Å². The third kappa shape index (κ3) is 28.1. The summed E-state index contributed by atoms with van der Waals surface area (Å²) in [6.45, 7) is 5.82. The number of rotatable bonds is 38. The molecule has 7 atom stereocenters. The Balaban J connectivity index is 2.91. The van der Waals surface area contributed by atoms with Crippen LogP contribution in [0.5, 0.6) is 0 Å². The molecular weight excluding hydrogens is 749 g/mol. The predicted octanol–water partition coefficient (Wildman–Crippen LogP) is 9.70. The maximum atomic E-state index is 13.7. The lowest BCUT2D eigenvalue weighted by Gasteiger charge is -2.43. The first-order valence-corrected chi connectivity index (χ1v) is 24.8. The maximum Gasteiger partial charge on any atom is 0.470 e. The third-order valence-corrected chi connectivity index (χ3v) is 11.9. The summed E-state index contributed by atoms with van der Waals surface area (Å²) in [5, 5.41) is 34.2. The molecule has 338 valence electrons. The van der Waals surface area contributed by atoms with E-state index in [9.17, 15) is 39.3 Å². The number of nitrogens with one attached hydrogen (secondary N) is 1. The smallest absolute Gasteiger partial charge is 0.457 e. The van der Waals surface area contributed by atoms with Crippen molar-refractivity contribution in [1.82, 2.24) is 5.32 Å². The van der Waals surface area contributed by atoms with E-state index in [1.807, 2.05) is 0 Å². The van der Waals surface area contributed by atoms with Crippen LogP contribution in [0.15, 0.2) is 0 Å². The topological polar surface area (TPSA) is 192 Å². The molecule has 1 heterocycles. The Bertz CT molecular complexity index is 1030. The Kier molecular flexibility index (Phi) is 32.7. The van der Waals surface area contributed by atoms with Gasteiger partial charge in [0.05, 0.1) is 19.1 Å². The SMILES string of the molecule is CCCCCCCCCCCC[C@H](CCCCCCCCC)CC(=O)O[C@@H]1[C@H](NC(=O)C[C@H](O)CCCCCCCCCCC)[C@@H](O)O[C@H](CO)[C@H]1OP(=O)(O)O. The van der Waals surface area contributed by atoms with Crippen LogP contribution < -0.4 is 5.32 Å². The van der Waals surface area contributed by atoms with E-state index in [4.69, 9.17) is 14.0 Å². The Morgan fingerprint density at radius 1 is 0.632 bits per heavy atom. The van der Waals surface area contributed by atoms with Crippen LogP contribution in [0.3, 0.4) is 0 Å². The molecule has 0 bridgehead atoms. The van der Waals surface area contributed by atoms with Crippen molar-refractivity contribution in [3.05, 3.63) is 0 Å². The van der Waals surface area contributed by atoms with Crippen molar-refractivity contribution in [3.63, 3.8) is 0 Å². The second-order valence-electron chi connectivity index (χ2n) is 16.8. The molecule has 6 N–H and O–H groups in total. The summed E-state index contributed by atoms with van der Waals surface area (Å²) in [5.74, 6) is -1.26. The molecule has 0 aromatic heterocycles. The van der Waals surface area contributed by atoms with Crippen LogP contribution in [0.25, 0.3) is 0 Å². The first-order valence-electron chi connectivity index (χ1n) is 23.3. The molecule has 0 aromatic carbocycles. The van der Waals surface area contributed by atoms with Crippen LogP contribution in [-0.4, -0.2) is 80.3 Å². The molecule has 1 aliphatic rings. The van der Waals surface area contributed by atoms with E-state index >= 15 is 0 Å². The lowest BCUT2D eigenvalue weighted by Crippen LogP contribution is -2.65. The van der Waals surface area contributed by atoms with Gasteiger partial charge in [-0.15, -0.1) is 0 Å². The molecule has 57 heavy (non-hydrogen) atoms. The van der Waals surface area contributed by atoms with Crippen LogP contribution in [0, 0.1) is 5.92 Å². The minimum absolute atomic E-state index is 0.0333. The van der Waals surface area contributed by atoms with E-state index in [0.717, 1.165) is 77.0 Å². The number of unbranched alkanes of at least 4 members (excludes halogenated alkanes) is 23. The van der Waals surface area contributed by atoms with Crippen LogP contribution in [-0.2, 0) is 28.2 Å². The normalized spacial score (nSPS) is 21.0. The summed E-state index contributed by atoms with van der Waals surface area (Å²) in [6, 6.07) is -1.47. The monoisotopic (exact) mass is 836 g/mol. The second kappa shape index (κ2) is 34.6. The fourth-order valence-corrected chi connectivity index (χ4v) is 8.57. The van der Waals surface area contributed by atoms with E-state index in [1.165, 1.54) is 103 Å². The van der Waals surface area contributed by atoms with E-state index in [2.05, 4.69) is 26.1 Å². The summed E-state index contributed by atoms with van der Waals surface area (Å²) >= 11 is 0. The maximum absolute atomic E-state index is 13.7. The highest BCUT2D eigenvalue weighted by atomic mass is 31.2. The second-order valence-corrected chi connectivity index (χ2v) is 18.0. The van der Waals surface area contributed by atoms with Gasteiger partial charge >= 0.3 is 13.8 Å². The number of aliphatic hydroxyl groups excluding tert-OH is 3. The van der Waals surface area contributed by atoms with E-state index in [0.29, 0.717) is 6.42 Å². The fourth-order valence-electron chi connectivity index (χ4n) is 7.99. The molecule has 0 radical (unpaired) electrons. The number of aliphatic hydroxyl groups is 3. The number of carbonyl (C=O) groups is 2. The fraction of sp³-hybridized carbons (Fsp3) is 0.955. The third-order valence-electron chi connectivity index (χ3n) is 11.4. The Morgan fingerprint density at radius 3 is 1.44 bits per heavy atom. The van der Waals surface area contributed by atoms with Gasteiger partial charge in [0.25, 0.3) is 0 Å². The molecule has 0 saturated carbocycles. The molecule has 1 fully saturated rings. The van der Waals surface area contributed by atoms with Gasteiger partial charge in [-0.2, -0.15) is 0 Å². The van der Waals surface area contributed by atoms with Gasteiger partial charge in [-0.05, 0) is 25.2 Å². The highest BCUT2D eigenvalue weighted by molar-refractivity contribution is 7.46. The van der Waals surface area contributed by atoms with Crippen LogP contribution >= 0.6 is 7.82 Å². The standard InChI is InChI=1S/C44H86NO11P/c1-4-7-10-13-16-18-20-22-25-28-31-36(30-27-24-21-15-12-9-6-3)33-40(49)55-43-41(44(50)54-38(35-46)42(43)56-57(51,52)53)45-39(48)34-37(47)32-29-26-23-19-17-14-11-8-5-2/h36-38,41-44,46-47,50H,4-35H2,1-3H3,(H,45,48)(H2,51,52,53)/t36-,37+,38+,41-,42+,43+,44-/m0/s1. The summed E-state index contributed by atoms with van der Waals surface area (Å²) < 4.78 is 28.4. The van der Waals surface area contributed by atoms with Crippen molar-refractivity contribution in [2.24, 2.45) is 5.92 Å². The molecule has 12 nitrogen and oxygen atoms in total. The minimum atomic E-state index is -5.20. The molecule has 13 heteroatoms. The number of carbonyl (C=O) groups excluding carboxylic acids is 2. The lowest BCUT2D eigenvalue weighted by atomic mass is 9.91. The molecule has 0 aliphatic carbocycles. The van der Waals surface area contributed by atoms with Crippen LogP contribution in [0.2, 0.25) is 0 Å². The molecule has 1 rings (SSSR count). The van der Waals surface area contributed by atoms with Gasteiger partial charge in [-0.25, -0.2) is 4.57 Å². The summed E-state index contributed by atoms with van der Waals surface area (Å²) in [5.41, 5.74) is 0. The Morgan fingerprint density at radius 2 is 1.04 bits per heavy atom. The number of phosphoric acid groups is 1. The molecule has 1 amide bonds. The number of hydrogen-bond acceptors (Lipinski definition) is 9. The van der Waals surface area contributed by atoms with Crippen molar-refractivity contribution < 1.29 is 53.3 Å². The molecule has 1 aliphatic heterocycles. The number of hydrogen-bond donors (Lipinski definition) is 6. The number of amides is 1. The van der Waals surface area contributed by atoms with Crippen molar-refractivity contribution in [2.45, 2.75) is 257 Å². The van der Waals surface area contributed by atoms with Gasteiger partial charge in [-0.1, -0.05) is 188 Å². The largest absolute Gasteiger partial charge is 0.470 e. The Hall–Kier alpha value is -1.11. The average molecular weight is 836 g/mol. The van der Waals surface area contributed by atoms with Gasteiger partial charge in [0, 0.05) is 6.42 Å². The van der Waals surface area contributed by atoms with Crippen molar-refractivity contribution in [2.75, 3.05) is 6.61 Å². The van der Waals surface area contributed by atoms with Gasteiger partial charge in [0.1, 0.15) is 18.2 Å². The number of esters is 1. The average Bonchev–Trinajstić information content (AvgIpc) is 3.16. The highest BCUT2D eigenvalue weighted by Gasteiger charge is 2.51. The molecule has 0 unspecified atom stereocenters. The number of ether oxygens (including phenoxy) is 2. The molecule has 1 saturated heterocycles. The number of phosphoric ester groups is 1. The minimum Gasteiger partial charge on any atom is -0.457 e. The van der Waals surface area contributed by atoms with Crippen molar-refractivity contribution >= 4 is 19.7 Å². The predicted molar refractivity (Wildman–Crippen MR) is 226 cm³/mol. The molecule has 0 aromatic rings. The first-order chi connectivity index (χ1) is 27.4. The zero-order valence-electron chi connectivity index (χ0n) is 36.3. The van der Waals surface area contributed by atoms with Gasteiger partial charge < -0.3 is 39.9 Å². The lowest BCUT2D eigenvalue weighted by molar-refractivity contribution is -0.256. The van der Waals surface area contributed by atoms with Gasteiger partial charge in [-0.3, -0.25) is 14.1 Å². The van der Waals surface area contributed by atoms with Crippen molar-refractivity contribution in [1.29, 1.82) is 0 Å². The van der Waals surface area contributed by atoms with Gasteiger partial charge in [0.2, 0.25) is 5.91 Å². The zero-order chi connectivity index (χ0) is 42.2. The quantitative estimate of drug-likeness (QED) is 0.0197.